The van der Waals surface area contributed by atoms with Gasteiger partial charge < -0.3 is 10.6 Å². The molecular weight excluding hydrogens is 212 g/mol. The Morgan fingerprint density at radius 3 is 2.60 bits per heavy atom. The van der Waals surface area contributed by atoms with Crippen LogP contribution in [0, 0.1) is 0 Å². The van der Waals surface area contributed by atoms with Crippen molar-refractivity contribution in [1.82, 2.24) is 4.90 Å². The summed E-state index contributed by atoms with van der Waals surface area (Å²) in [4.78, 5) is 13.5. The van der Waals surface area contributed by atoms with Crippen molar-refractivity contribution in [3.63, 3.8) is 0 Å². The second kappa shape index (κ2) is 6.23. The lowest BCUT2D eigenvalue weighted by molar-refractivity contribution is -0.131. The van der Waals surface area contributed by atoms with Crippen LogP contribution in [0.1, 0.15) is 26.2 Å². The summed E-state index contributed by atoms with van der Waals surface area (Å²) in [5.41, 5.74) is 5.81. The summed E-state index contributed by atoms with van der Waals surface area (Å²) in [6.45, 7) is 3.32. The summed E-state index contributed by atoms with van der Waals surface area (Å²) >= 11 is 0. The zero-order valence-corrected chi connectivity index (χ0v) is 10.1. The van der Waals surface area contributed by atoms with Crippen LogP contribution < -0.4 is 5.73 Å². The van der Waals surface area contributed by atoms with Gasteiger partial charge in [-0.3, -0.25) is 9.00 Å². The number of carbonyl (C=O) groups is 1. The van der Waals surface area contributed by atoms with Crippen LogP contribution in [0.5, 0.6) is 0 Å². The molecule has 88 valence electrons. The first-order valence-electron chi connectivity index (χ1n) is 5.51. The molecule has 0 spiro atoms. The molecule has 15 heavy (non-hydrogen) atoms. The summed E-state index contributed by atoms with van der Waals surface area (Å²) in [5.74, 6) is 1.36. The van der Waals surface area contributed by atoms with Gasteiger partial charge in [0.25, 0.3) is 0 Å². The molecule has 0 radical (unpaired) electrons. The van der Waals surface area contributed by atoms with Gasteiger partial charge in [-0.05, 0) is 6.42 Å². The van der Waals surface area contributed by atoms with Crippen LogP contribution >= 0.6 is 0 Å². The van der Waals surface area contributed by atoms with Gasteiger partial charge in [0.1, 0.15) is 0 Å². The van der Waals surface area contributed by atoms with Gasteiger partial charge in [0.2, 0.25) is 5.91 Å². The van der Waals surface area contributed by atoms with E-state index >= 15 is 0 Å². The second-order valence-corrected chi connectivity index (χ2v) is 5.68. The molecule has 5 heteroatoms. The molecule has 1 atom stereocenters. The van der Waals surface area contributed by atoms with Crippen LogP contribution in [0.15, 0.2) is 0 Å². The number of nitrogens with two attached hydrogens (primary N) is 1. The zero-order chi connectivity index (χ0) is 11.3. The molecule has 1 saturated heterocycles. The van der Waals surface area contributed by atoms with E-state index in [0.717, 1.165) is 12.8 Å². The van der Waals surface area contributed by atoms with Gasteiger partial charge in [-0.15, -0.1) is 0 Å². The molecule has 0 aliphatic carbocycles. The van der Waals surface area contributed by atoms with E-state index in [1.165, 1.54) is 0 Å². The molecule has 0 aromatic heterocycles. The largest absolute Gasteiger partial charge is 0.341 e. The molecule has 1 aliphatic rings. The SMILES string of the molecule is CCCC(N)CC(=O)N1CCS(=O)CC1. The number of amides is 1. The van der Waals surface area contributed by atoms with Gasteiger partial charge >= 0.3 is 0 Å². The summed E-state index contributed by atoms with van der Waals surface area (Å²) in [5, 5.41) is 0. The van der Waals surface area contributed by atoms with E-state index in [1.807, 2.05) is 0 Å². The maximum Gasteiger partial charge on any atom is 0.224 e. The molecule has 1 fully saturated rings. The minimum Gasteiger partial charge on any atom is -0.341 e. The molecule has 1 unspecified atom stereocenters. The van der Waals surface area contributed by atoms with Crippen molar-refractivity contribution in [2.45, 2.75) is 32.2 Å². The van der Waals surface area contributed by atoms with Gasteiger partial charge in [0.05, 0.1) is 0 Å². The normalized spacial score (nSPS) is 20.3. The lowest BCUT2D eigenvalue weighted by Crippen LogP contribution is -2.43. The van der Waals surface area contributed by atoms with E-state index in [-0.39, 0.29) is 11.9 Å². The lowest BCUT2D eigenvalue weighted by atomic mass is 10.1. The third-order valence-electron chi connectivity index (χ3n) is 2.63. The van der Waals surface area contributed by atoms with E-state index in [4.69, 9.17) is 5.73 Å². The van der Waals surface area contributed by atoms with E-state index in [0.29, 0.717) is 31.0 Å². The highest BCUT2D eigenvalue weighted by molar-refractivity contribution is 7.85. The van der Waals surface area contributed by atoms with Gasteiger partial charge in [0, 0.05) is 47.9 Å². The molecule has 0 saturated carbocycles. The maximum atomic E-state index is 11.7. The summed E-state index contributed by atoms with van der Waals surface area (Å²) in [7, 11) is -0.719. The van der Waals surface area contributed by atoms with Gasteiger partial charge in [-0.25, -0.2) is 0 Å². The molecule has 1 amide bonds. The van der Waals surface area contributed by atoms with Gasteiger partial charge in [0.15, 0.2) is 0 Å². The van der Waals surface area contributed by atoms with Crippen molar-refractivity contribution in [1.29, 1.82) is 0 Å². The molecule has 1 heterocycles. The van der Waals surface area contributed by atoms with Crippen LogP contribution in [-0.4, -0.2) is 45.7 Å². The Morgan fingerprint density at radius 2 is 2.07 bits per heavy atom. The Bertz CT molecular complexity index is 236. The molecule has 1 rings (SSSR count). The highest BCUT2D eigenvalue weighted by Gasteiger charge is 2.21. The average molecular weight is 232 g/mol. The highest BCUT2D eigenvalue weighted by atomic mass is 32.2. The minimum atomic E-state index is -0.719. The molecular formula is C10H20N2O2S. The monoisotopic (exact) mass is 232 g/mol. The Hall–Kier alpha value is -0.420. The zero-order valence-electron chi connectivity index (χ0n) is 9.28. The first-order chi connectivity index (χ1) is 7.13. The topological polar surface area (TPSA) is 63.4 Å². The predicted octanol–water partition coefficient (Wildman–Crippen LogP) is 0.0948. The molecule has 0 bridgehead atoms. The Kier molecular flexibility index (Phi) is 5.25. The third-order valence-corrected chi connectivity index (χ3v) is 3.90. The quantitative estimate of drug-likeness (QED) is 0.747. The van der Waals surface area contributed by atoms with Crippen LogP contribution in [0.3, 0.4) is 0 Å². The van der Waals surface area contributed by atoms with Crippen molar-refractivity contribution in [2.75, 3.05) is 24.6 Å². The van der Waals surface area contributed by atoms with Crippen molar-refractivity contribution in [3.8, 4) is 0 Å². The second-order valence-electron chi connectivity index (χ2n) is 3.98. The van der Waals surface area contributed by atoms with Crippen LogP contribution in [0.25, 0.3) is 0 Å². The number of hydrogen-bond donors (Lipinski definition) is 1. The van der Waals surface area contributed by atoms with Crippen molar-refractivity contribution < 1.29 is 9.00 Å². The fourth-order valence-electron chi connectivity index (χ4n) is 1.71. The van der Waals surface area contributed by atoms with Crippen molar-refractivity contribution in [2.24, 2.45) is 5.73 Å². The fraction of sp³-hybridized carbons (Fsp3) is 0.900. The van der Waals surface area contributed by atoms with Crippen LogP contribution in [0.4, 0.5) is 0 Å². The van der Waals surface area contributed by atoms with Crippen LogP contribution in [-0.2, 0) is 15.6 Å². The van der Waals surface area contributed by atoms with E-state index in [9.17, 15) is 9.00 Å². The van der Waals surface area contributed by atoms with Gasteiger partial charge in [-0.2, -0.15) is 0 Å². The summed E-state index contributed by atoms with van der Waals surface area (Å²) < 4.78 is 11.1. The molecule has 0 aromatic rings. The Morgan fingerprint density at radius 1 is 1.47 bits per heavy atom. The van der Waals surface area contributed by atoms with Gasteiger partial charge in [-0.1, -0.05) is 13.3 Å². The fourth-order valence-corrected chi connectivity index (χ4v) is 2.77. The standard InChI is InChI=1S/C10H20N2O2S/c1-2-3-9(11)8-10(13)12-4-6-15(14)7-5-12/h9H,2-8,11H2,1H3. The van der Waals surface area contributed by atoms with Crippen LogP contribution in [0.2, 0.25) is 0 Å². The Balaban J connectivity index is 2.30. The minimum absolute atomic E-state index is 0.0186. The number of carbonyl (C=O) groups excluding carboxylic acids is 1. The maximum absolute atomic E-state index is 11.7. The smallest absolute Gasteiger partial charge is 0.224 e. The molecule has 1 aliphatic heterocycles. The first kappa shape index (κ1) is 12.6. The predicted molar refractivity (Wildman–Crippen MR) is 62.0 cm³/mol. The van der Waals surface area contributed by atoms with E-state index < -0.39 is 10.8 Å². The Labute approximate surface area is 93.7 Å². The summed E-state index contributed by atoms with van der Waals surface area (Å²) in [6, 6.07) is -0.0186. The van der Waals surface area contributed by atoms with Crippen molar-refractivity contribution >= 4 is 16.7 Å². The number of rotatable bonds is 4. The first-order valence-corrected chi connectivity index (χ1v) is 7.00. The van der Waals surface area contributed by atoms with E-state index in [2.05, 4.69) is 6.92 Å². The number of hydrogen-bond acceptors (Lipinski definition) is 3. The number of nitrogens with zero attached hydrogens (tertiary/aromatic N) is 1. The highest BCUT2D eigenvalue weighted by Crippen LogP contribution is 2.06. The van der Waals surface area contributed by atoms with Crippen molar-refractivity contribution in [3.05, 3.63) is 0 Å². The lowest BCUT2D eigenvalue weighted by Gasteiger charge is -2.27. The molecule has 4 nitrogen and oxygen atoms in total. The molecule has 0 aromatic carbocycles. The average Bonchev–Trinajstić information content (AvgIpc) is 2.18. The van der Waals surface area contributed by atoms with E-state index in [1.54, 1.807) is 4.90 Å². The molecule has 2 N–H and O–H groups in total. The third kappa shape index (κ3) is 4.30. The summed E-state index contributed by atoms with van der Waals surface area (Å²) in [6.07, 6.45) is 2.34.